The van der Waals surface area contributed by atoms with E-state index in [4.69, 9.17) is 19.6 Å². The maximum absolute atomic E-state index is 9.63. The average molecular weight is 192 g/mol. The van der Waals surface area contributed by atoms with E-state index in [1.165, 1.54) is 0 Å². The van der Waals surface area contributed by atoms with Gasteiger partial charge in [-0.1, -0.05) is 0 Å². The predicted molar refractivity (Wildman–Crippen MR) is 35.1 cm³/mol. The first-order valence-electron chi connectivity index (χ1n) is 1.53. The van der Waals surface area contributed by atoms with Gasteiger partial charge < -0.3 is 19.6 Å². The summed E-state index contributed by atoms with van der Waals surface area (Å²) in [5, 5.41) is 0. The monoisotopic (exact) mass is 192 g/mol. The van der Waals surface area contributed by atoms with Crippen molar-refractivity contribution < 1.29 is 33.0 Å². The third kappa shape index (κ3) is 11.2. The number of phosphoric acid groups is 2. The summed E-state index contributed by atoms with van der Waals surface area (Å²) in [5.74, 6) is 0. The van der Waals surface area contributed by atoms with Gasteiger partial charge in [-0.05, 0) is 0 Å². The van der Waals surface area contributed by atoms with E-state index in [9.17, 15) is 9.13 Å². The van der Waals surface area contributed by atoms with Crippen molar-refractivity contribution in [3.63, 3.8) is 0 Å². The Morgan fingerprint density at radius 2 is 1.10 bits per heavy atom. The zero-order chi connectivity index (χ0) is 7.71. The van der Waals surface area contributed by atoms with Crippen LogP contribution in [0.5, 0.6) is 0 Å². The highest BCUT2D eigenvalue weighted by Crippen LogP contribution is 2.53. The van der Waals surface area contributed by atoms with Gasteiger partial charge in [0.1, 0.15) is 0 Å². The molecular weight excluding hydrogens is 185 g/mol. The van der Waals surface area contributed by atoms with E-state index in [-0.39, 0.29) is 8.41 Å². The van der Waals surface area contributed by atoms with Crippen molar-refractivity contribution in [3.8, 4) is 0 Å². The number of hydrogen-bond donors (Lipinski definition) is 4. The second-order valence-corrected chi connectivity index (χ2v) is 3.68. The van der Waals surface area contributed by atoms with Crippen LogP contribution in [-0.2, 0) is 13.4 Å². The van der Waals surface area contributed by atoms with Crippen molar-refractivity contribution in [1.82, 2.24) is 0 Å². The molecule has 0 atom stereocenters. The highest BCUT2D eigenvalue weighted by atomic mass is 31.3. The van der Waals surface area contributed by atoms with E-state index in [1.54, 1.807) is 0 Å². The van der Waals surface area contributed by atoms with E-state index in [0.29, 0.717) is 0 Å². The van der Waals surface area contributed by atoms with Gasteiger partial charge in [0.05, 0.1) is 8.41 Å². The van der Waals surface area contributed by atoms with E-state index in [0.717, 1.165) is 0 Å². The van der Waals surface area contributed by atoms with Crippen molar-refractivity contribution in [2.45, 2.75) is 0 Å². The summed E-state index contributed by atoms with van der Waals surface area (Å²) in [4.78, 5) is 31.0. The third-order valence-electron chi connectivity index (χ3n) is 0.213. The molecule has 0 aliphatic heterocycles. The Balaban J connectivity index is 0. The highest BCUT2D eigenvalue weighted by molar-refractivity contribution is 7.60. The molecule has 0 fully saturated rings. The minimum absolute atomic E-state index is 0. The Kier molecular flexibility index (Phi) is 4.72. The zero-order valence-corrected chi connectivity index (χ0v) is 5.70. The van der Waals surface area contributed by atoms with Crippen LogP contribution in [0.3, 0.4) is 0 Å². The molecular formula is H7BO7P2. The molecule has 0 heterocycles. The third-order valence-corrected chi connectivity index (χ3v) is 1.91. The molecule has 0 saturated heterocycles. The molecule has 4 N–H and O–H groups in total. The highest BCUT2D eigenvalue weighted by Gasteiger charge is 2.27. The van der Waals surface area contributed by atoms with Gasteiger partial charge >= 0.3 is 15.6 Å². The summed E-state index contributed by atoms with van der Waals surface area (Å²) >= 11 is 0. The molecule has 62 valence electrons. The lowest BCUT2D eigenvalue weighted by Crippen LogP contribution is -1.84. The molecule has 0 aromatic carbocycles. The molecule has 0 aliphatic rings. The van der Waals surface area contributed by atoms with Gasteiger partial charge in [0.2, 0.25) is 0 Å². The Bertz CT molecular complexity index is 152. The van der Waals surface area contributed by atoms with Crippen molar-refractivity contribution in [3.05, 3.63) is 0 Å². The van der Waals surface area contributed by atoms with E-state index >= 15 is 0 Å². The fraction of sp³-hybridized carbons (Fsp3) is 0. The van der Waals surface area contributed by atoms with Gasteiger partial charge in [0.15, 0.2) is 0 Å². The molecule has 7 nitrogen and oxygen atoms in total. The minimum Gasteiger partial charge on any atom is -0.302 e. The lowest BCUT2D eigenvalue weighted by molar-refractivity contribution is 0.225. The van der Waals surface area contributed by atoms with Crippen LogP contribution in [0.15, 0.2) is 0 Å². The summed E-state index contributed by atoms with van der Waals surface area (Å²) in [6.07, 6.45) is 0. The van der Waals surface area contributed by atoms with Crippen LogP contribution >= 0.6 is 15.6 Å². The average Bonchev–Trinajstić information content (AvgIpc) is 1.14. The van der Waals surface area contributed by atoms with Crippen molar-refractivity contribution in [2.24, 2.45) is 0 Å². The topological polar surface area (TPSA) is 124 Å². The van der Waals surface area contributed by atoms with E-state index in [2.05, 4.69) is 4.31 Å². The van der Waals surface area contributed by atoms with Gasteiger partial charge in [-0.25, -0.2) is 9.13 Å². The van der Waals surface area contributed by atoms with Crippen LogP contribution in [0.2, 0.25) is 0 Å². The first-order chi connectivity index (χ1) is 3.71. The van der Waals surface area contributed by atoms with Crippen LogP contribution in [0.4, 0.5) is 0 Å². The summed E-state index contributed by atoms with van der Waals surface area (Å²) in [6, 6.07) is 0. The lowest BCUT2D eigenvalue weighted by Gasteiger charge is -2.03. The first-order valence-corrected chi connectivity index (χ1v) is 4.59. The molecule has 0 aromatic rings. The fourth-order valence-electron chi connectivity index (χ4n) is 0.139. The van der Waals surface area contributed by atoms with Crippen LogP contribution < -0.4 is 0 Å². The largest absolute Gasteiger partial charge is 0.478 e. The van der Waals surface area contributed by atoms with Gasteiger partial charge in [-0.2, -0.15) is 4.31 Å². The standard InChI is InChI=1S/BH3.H4O7P2/c;1-8(2,3)7-9(4,5)6/h1H3;(H2,1,2,3)(H2,4,5,6). The summed E-state index contributed by atoms with van der Waals surface area (Å²) < 4.78 is 22.2. The molecule has 0 spiro atoms. The van der Waals surface area contributed by atoms with Gasteiger partial charge in [-0.3, -0.25) is 0 Å². The number of hydrogen-bond acceptors (Lipinski definition) is 3. The molecule has 10 heteroatoms. The quantitative estimate of drug-likeness (QED) is 0.294. The zero-order valence-electron chi connectivity index (χ0n) is 3.91. The molecule has 0 aliphatic carbocycles. The molecule has 0 radical (unpaired) electrons. The SMILES string of the molecule is B.O=P(O)(O)OP(=O)(O)O. The Hall–Kier alpha value is 0.325. The molecule has 0 saturated carbocycles. The van der Waals surface area contributed by atoms with Crippen molar-refractivity contribution in [2.75, 3.05) is 0 Å². The van der Waals surface area contributed by atoms with Crippen molar-refractivity contribution in [1.29, 1.82) is 0 Å². The van der Waals surface area contributed by atoms with Crippen LogP contribution in [0, 0.1) is 0 Å². The first kappa shape index (κ1) is 13.0. The van der Waals surface area contributed by atoms with Crippen LogP contribution in [-0.4, -0.2) is 28.0 Å². The maximum atomic E-state index is 9.63. The lowest BCUT2D eigenvalue weighted by atomic mass is 10.8. The fourth-order valence-corrected chi connectivity index (χ4v) is 1.25. The predicted octanol–water partition coefficient (Wildman–Crippen LogP) is -2.00. The summed E-state index contributed by atoms with van der Waals surface area (Å²) in [7, 11) is -10.1. The minimum atomic E-state index is -5.05. The molecule has 0 unspecified atom stereocenters. The van der Waals surface area contributed by atoms with Crippen LogP contribution in [0.1, 0.15) is 0 Å². The van der Waals surface area contributed by atoms with Gasteiger partial charge in [-0.15, -0.1) is 0 Å². The molecule has 10 heavy (non-hydrogen) atoms. The second kappa shape index (κ2) is 3.64. The van der Waals surface area contributed by atoms with E-state index < -0.39 is 15.6 Å². The number of rotatable bonds is 2. The molecule has 0 aromatic heterocycles. The van der Waals surface area contributed by atoms with Crippen LogP contribution in [0.25, 0.3) is 0 Å². The molecule has 0 amide bonds. The second-order valence-electron chi connectivity index (χ2n) is 1.06. The Morgan fingerprint density at radius 3 is 1.10 bits per heavy atom. The maximum Gasteiger partial charge on any atom is 0.478 e. The van der Waals surface area contributed by atoms with Crippen molar-refractivity contribution >= 4 is 24.1 Å². The smallest absolute Gasteiger partial charge is 0.302 e. The van der Waals surface area contributed by atoms with Gasteiger partial charge in [0.25, 0.3) is 0 Å². The summed E-state index contributed by atoms with van der Waals surface area (Å²) in [6.45, 7) is 0. The molecule has 0 rings (SSSR count). The van der Waals surface area contributed by atoms with Gasteiger partial charge in [0, 0.05) is 0 Å². The Labute approximate surface area is 58.1 Å². The Morgan fingerprint density at radius 1 is 0.900 bits per heavy atom. The normalized spacial score (nSPS) is 12.4. The molecule has 0 bridgehead atoms. The summed E-state index contributed by atoms with van der Waals surface area (Å²) in [5.41, 5.74) is 0. The van der Waals surface area contributed by atoms with E-state index in [1.807, 2.05) is 0 Å².